The van der Waals surface area contributed by atoms with E-state index in [1.807, 2.05) is 42.2 Å². The van der Waals surface area contributed by atoms with E-state index in [0.29, 0.717) is 12.0 Å². The van der Waals surface area contributed by atoms with Crippen molar-refractivity contribution < 1.29 is 0 Å². The van der Waals surface area contributed by atoms with Crippen LogP contribution in [-0.4, -0.2) is 35.4 Å². The fourth-order valence-electron chi connectivity index (χ4n) is 4.11. The molecule has 0 spiro atoms. The lowest BCUT2D eigenvalue weighted by molar-refractivity contribution is 0.552. The van der Waals surface area contributed by atoms with Crippen molar-refractivity contribution in [2.45, 2.75) is 45.7 Å². The molecule has 1 N–H and O–H groups in total. The number of rotatable bonds is 4. The summed E-state index contributed by atoms with van der Waals surface area (Å²) >= 11 is 0. The normalized spacial score (nSPS) is 16.3. The van der Waals surface area contributed by atoms with Gasteiger partial charge in [0.2, 0.25) is 5.95 Å². The Balaban J connectivity index is 1.43. The molecule has 5 rings (SSSR count). The predicted octanol–water partition coefficient (Wildman–Crippen LogP) is 3.29. The molecule has 0 aliphatic heterocycles. The molecule has 0 aromatic carbocycles. The Bertz CT molecular complexity index is 1140. The van der Waals surface area contributed by atoms with E-state index in [4.69, 9.17) is 4.98 Å². The van der Waals surface area contributed by atoms with Gasteiger partial charge in [-0.3, -0.25) is 9.67 Å². The Morgan fingerprint density at radius 3 is 2.96 bits per heavy atom. The van der Waals surface area contributed by atoms with Gasteiger partial charge in [0.25, 0.3) is 0 Å². The molecule has 0 radical (unpaired) electrons. The smallest absolute Gasteiger partial charge is 0.243 e. The highest BCUT2D eigenvalue weighted by atomic mass is 15.3. The molecule has 0 saturated carbocycles. The Morgan fingerprint density at radius 2 is 2.11 bits per heavy atom. The van der Waals surface area contributed by atoms with Gasteiger partial charge in [0.1, 0.15) is 0 Å². The number of nitrogens with one attached hydrogen (secondary N) is 1. The molecule has 0 fully saturated rings. The van der Waals surface area contributed by atoms with Crippen LogP contribution in [0.3, 0.4) is 0 Å². The van der Waals surface area contributed by atoms with Crippen molar-refractivity contribution in [2.24, 2.45) is 0 Å². The molecule has 1 aliphatic carbocycles. The van der Waals surface area contributed by atoms with Crippen LogP contribution < -0.4 is 5.32 Å². The zero-order chi connectivity index (χ0) is 19.1. The highest BCUT2D eigenvalue weighted by Gasteiger charge is 2.23. The van der Waals surface area contributed by atoms with Gasteiger partial charge in [-0.15, -0.1) is 5.10 Å². The van der Waals surface area contributed by atoms with Gasteiger partial charge in [0.15, 0.2) is 5.65 Å². The maximum atomic E-state index is 4.79. The molecule has 4 heterocycles. The van der Waals surface area contributed by atoms with Gasteiger partial charge < -0.3 is 5.32 Å². The van der Waals surface area contributed by atoms with Crippen molar-refractivity contribution in [3.8, 4) is 11.1 Å². The highest BCUT2D eigenvalue weighted by molar-refractivity contribution is 5.79. The number of aryl methyl sites for hydroxylation is 2. The number of fused-ring (bicyclic) bond motifs is 2. The number of pyridine rings is 2. The van der Waals surface area contributed by atoms with Crippen LogP contribution in [0.2, 0.25) is 0 Å². The lowest BCUT2D eigenvalue weighted by atomic mass is 9.93. The van der Waals surface area contributed by atoms with Gasteiger partial charge in [0, 0.05) is 47.5 Å². The quantitative estimate of drug-likeness (QED) is 0.594. The summed E-state index contributed by atoms with van der Waals surface area (Å²) in [5, 5.41) is 12.7. The van der Waals surface area contributed by atoms with E-state index < -0.39 is 0 Å². The summed E-state index contributed by atoms with van der Waals surface area (Å²) in [5.41, 5.74) is 6.67. The average molecular weight is 373 g/mol. The van der Waals surface area contributed by atoms with Gasteiger partial charge in [-0.1, -0.05) is 6.07 Å². The van der Waals surface area contributed by atoms with Crippen molar-refractivity contribution in [1.82, 2.24) is 29.4 Å². The zero-order valence-corrected chi connectivity index (χ0v) is 16.1. The Labute approximate surface area is 163 Å². The molecule has 28 heavy (non-hydrogen) atoms. The first-order chi connectivity index (χ1) is 13.7. The molecule has 7 nitrogen and oxygen atoms in total. The SMILES string of the molecule is CCn1ncc2c1CCC(Nc1nc3c(-c4cccnc4C)cccn3n1)C2. The first-order valence-corrected chi connectivity index (χ1v) is 9.80. The second kappa shape index (κ2) is 6.74. The first-order valence-electron chi connectivity index (χ1n) is 9.80. The van der Waals surface area contributed by atoms with E-state index >= 15 is 0 Å². The monoisotopic (exact) mass is 373 g/mol. The average Bonchev–Trinajstić information content (AvgIpc) is 3.31. The second-order valence-corrected chi connectivity index (χ2v) is 7.28. The number of hydrogen-bond donors (Lipinski definition) is 1. The lowest BCUT2D eigenvalue weighted by Crippen LogP contribution is -2.28. The summed E-state index contributed by atoms with van der Waals surface area (Å²) in [6.07, 6.45) is 8.81. The Kier molecular flexibility index (Phi) is 4.07. The van der Waals surface area contributed by atoms with Gasteiger partial charge in [-0.2, -0.15) is 10.1 Å². The highest BCUT2D eigenvalue weighted by Crippen LogP contribution is 2.27. The standard InChI is InChI=1S/C21H23N7/c1-3-27-19-9-8-16(12-15(19)13-23-27)24-21-25-20-18(7-5-11-28(20)26-21)17-6-4-10-22-14(17)2/h4-7,10-11,13,16H,3,8-9,12H2,1-2H3,(H,24,26). The van der Waals surface area contributed by atoms with Gasteiger partial charge >= 0.3 is 0 Å². The summed E-state index contributed by atoms with van der Waals surface area (Å²) in [5.74, 6) is 0.672. The van der Waals surface area contributed by atoms with Crippen molar-refractivity contribution in [2.75, 3.05) is 5.32 Å². The number of anilines is 1. The molecule has 0 saturated heterocycles. The summed E-state index contributed by atoms with van der Waals surface area (Å²) in [7, 11) is 0. The van der Waals surface area contributed by atoms with Crippen molar-refractivity contribution in [3.05, 3.63) is 59.8 Å². The first kappa shape index (κ1) is 16.9. The fraction of sp³-hybridized carbons (Fsp3) is 0.333. The van der Waals surface area contributed by atoms with Gasteiger partial charge in [-0.05, 0) is 56.9 Å². The fourth-order valence-corrected chi connectivity index (χ4v) is 4.11. The minimum absolute atomic E-state index is 0.322. The van der Waals surface area contributed by atoms with E-state index in [1.54, 1.807) is 0 Å². The second-order valence-electron chi connectivity index (χ2n) is 7.28. The topological polar surface area (TPSA) is 72.9 Å². The summed E-state index contributed by atoms with van der Waals surface area (Å²) in [6.45, 7) is 5.09. The molecule has 0 amide bonds. The minimum atomic E-state index is 0.322. The molecular formula is C21H23N7. The Morgan fingerprint density at radius 1 is 1.21 bits per heavy atom. The largest absolute Gasteiger partial charge is 0.350 e. The van der Waals surface area contributed by atoms with Crippen LogP contribution in [0, 0.1) is 6.92 Å². The van der Waals surface area contributed by atoms with Crippen LogP contribution in [0.1, 0.15) is 30.3 Å². The van der Waals surface area contributed by atoms with E-state index in [1.165, 1.54) is 11.3 Å². The van der Waals surface area contributed by atoms with E-state index in [2.05, 4.69) is 44.2 Å². The molecule has 7 heteroatoms. The maximum absolute atomic E-state index is 4.79. The summed E-state index contributed by atoms with van der Waals surface area (Å²) < 4.78 is 3.95. The molecule has 4 aromatic rings. The predicted molar refractivity (Wildman–Crippen MR) is 108 cm³/mol. The van der Waals surface area contributed by atoms with Crippen molar-refractivity contribution >= 4 is 11.6 Å². The molecular weight excluding hydrogens is 350 g/mol. The lowest BCUT2D eigenvalue weighted by Gasteiger charge is -2.23. The van der Waals surface area contributed by atoms with Crippen molar-refractivity contribution in [3.63, 3.8) is 0 Å². The third-order valence-electron chi connectivity index (χ3n) is 5.52. The zero-order valence-electron chi connectivity index (χ0n) is 16.1. The minimum Gasteiger partial charge on any atom is -0.350 e. The third-order valence-corrected chi connectivity index (χ3v) is 5.52. The van der Waals surface area contributed by atoms with Crippen LogP contribution in [0.5, 0.6) is 0 Å². The van der Waals surface area contributed by atoms with Crippen LogP contribution in [0.4, 0.5) is 5.95 Å². The number of nitrogens with zero attached hydrogens (tertiary/aromatic N) is 6. The Hall–Kier alpha value is -3.22. The van der Waals surface area contributed by atoms with Gasteiger partial charge in [0.05, 0.1) is 6.20 Å². The van der Waals surface area contributed by atoms with E-state index in [-0.39, 0.29) is 0 Å². The van der Waals surface area contributed by atoms with Gasteiger partial charge in [-0.25, -0.2) is 4.52 Å². The van der Waals surface area contributed by atoms with Crippen LogP contribution in [-0.2, 0) is 19.4 Å². The summed E-state index contributed by atoms with van der Waals surface area (Å²) in [6, 6.07) is 8.43. The molecule has 1 aliphatic rings. The number of hydrogen-bond acceptors (Lipinski definition) is 5. The molecule has 4 aromatic heterocycles. The maximum Gasteiger partial charge on any atom is 0.243 e. The van der Waals surface area contributed by atoms with Crippen LogP contribution >= 0.6 is 0 Å². The van der Waals surface area contributed by atoms with Crippen LogP contribution in [0.15, 0.2) is 42.9 Å². The molecule has 1 atom stereocenters. The third kappa shape index (κ3) is 2.83. The van der Waals surface area contributed by atoms with Crippen LogP contribution in [0.25, 0.3) is 16.8 Å². The van der Waals surface area contributed by atoms with E-state index in [9.17, 15) is 0 Å². The van der Waals surface area contributed by atoms with Crippen molar-refractivity contribution in [1.29, 1.82) is 0 Å². The molecule has 142 valence electrons. The molecule has 0 bridgehead atoms. The summed E-state index contributed by atoms with van der Waals surface area (Å²) in [4.78, 5) is 9.21. The van der Waals surface area contributed by atoms with E-state index in [0.717, 1.165) is 48.3 Å². The molecule has 1 unspecified atom stereocenters. The number of aromatic nitrogens is 6.